The molecule has 0 atom stereocenters. The summed E-state index contributed by atoms with van der Waals surface area (Å²) in [6.07, 6.45) is 0. The van der Waals surface area contributed by atoms with Crippen molar-refractivity contribution in [1.29, 1.82) is 0 Å². The lowest BCUT2D eigenvalue weighted by Gasteiger charge is -2.32. The molecule has 0 spiro atoms. The van der Waals surface area contributed by atoms with Gasteiger partial charge in [-0.3, -0.25) is 0 Å². The highest BCUT2D eigenvalue weighted by Crippen LogP contribution is 2.32. The van der Waals surface area contributed by atoms with Crippen LogP contribution in [0.2, 0.25) is 0 Å². The van der Waals surface area contributed by atoms with Crippen LogP contribution in [0.5, 0.6) is 0 Å². The summed E-state index contributed by atoms with van der Waals surface area (Å²) in [4.78, 5) is 24.6. The predicted octanol–water partition coefficient (Wildman–Crippen LogP) is 2.72. The quantitative estimate of drug-likeness (QED) is 0.842. The van der Waals surface area contributed by atoms with Crippen molar-refractivity contribution in [3.63, 3.8) is 0 Å². The van der Waals surface area contributed by atoms with E-state index in [1.807, 2.05) is 19.2 Å². The van der Waals surface area contributed by atoms with Crippen molar-refractivity contribution in [3.8, 4) is 11.4 Å². The molecule has 0 aromatic carbocycles. The minimum Gasteiger partial charge on any atom is -0.465 e. The Kier molecular flexibility index (Phi) is 5.90. The first-order valence-electron chi connectivity index (χ1n) is 7.68. The van der Waals surface area contributed by atoms with Crippen LogP contribution in [0.1, 0.15) is 21.6 Å². The monoisotopic (exact) mass is 370 g/mol. The van der Waals surface area contributed by atoms with Crippen LogP contribution in [-0.4, -0.2) is 61.2 Å². The van der Waals surface area contributed by atoms with Gasteiger partial charge < -0.3 is 19.5 Å². The van der Waals surface area contributed by atoms with E-state index in [0.29, 0.717) is 5.56 Å². The topological polar surface area (TPSA) is 61.5 Å². The number of methoxy groups -OCH3 is 1. The third kappa shape index (κ3) is 3.43. The Morgan fingerprint density at radius 1 is 1.29 bits per heavy atom. The van der Waals surface area contributed by atoms with Crippen LogP contribution in [0.25, 0.3) is 11.4 Å². The SMILES string of the molecule is COC(=O)c1c(C)[nH]c(-c2csc(N3CCN(C)CC3)n2)c1C.Cl. The first kappa shape index (κ1) is 18.8. The van der Waals surface area contributed by atoms with Gasteiger partial charge in [-0.25, -0.2) is 9.78 Å². The van der Waals surface area contributed by atoms with Crippen LogP contribution < -0.4 is 4.90 Å². The lowest BCUT2D eigenvalue weighted by atomic mass is 10.1. The van der Waals surface area contributed by atoms with Gasteiger partial charge in [0.15, 0.2) is 5.13 Å². The zero-order valence-corrected chi connectivity index (χ0v) is 16.0. The Labute approximate surface area is 152 Å². The molecule has 1 N–H and O–H groups in total. The molecule has 3 heterocycles. The van der Waals surface area contributed by atoms with Gasteiger partial charge in [-0.05, 0) is 26.5 Å². The number of ether oxygens (including phenoxy) is 1. The van der Waals surface area contributed by atoms with Gasteiger partial charge in [0.2, 0.25) is 0 Å². The number of rotatable bonds is 3. The van der Waals surface area contributed by atoms with Gasteiger partial charge >= 0.3 is 5.97 Å². The molecular formula is C16H23ClN4O2S. The molecule has 0 radical (unpaired) electrons. The molecule has 1 aliphatic rings. The fourth-order valence-corrected chi connectivity index (χ4v) is 3.81. The standard InChI is InChI=1S/C16H22N4O2S.ClH/c1-10-13(15(21)22-4)11(2)17-14(10)12-9-23-16(18-12)20-7-5-19(3)6-8-20;/h9,17H,5-8H2,1-4H3;1H. The summed E-state index contributed by atoms with van der Waals surface area (Å²) in [5, 5.41) is 3.09. The summed E-state index contributed by atoms with van der Waals surface area (Å²) in [6, 6.07) is 0. The van der Waals surface area contributed by atoms with Crippen molar-refractivity contribution in [2.24, 2.45) is 0 Å². The number of aryl methyl sites for hydroxylation is 1. The molecule has 2 aromatic rings. The molecule has 24 heavy (non-hydrogen) atoms. The number of aromatic amines is 1. The number of piperazine rings is 1. The number of hydrogen-bond acceptors (Lipinski definition) is 6. The molecule has 1 saturated heterocycles. The highest BCUT2D eigenvalue weighted by atomic mass is 35.5. The van der Waals surface area contributed by atoms with Crippen molar-refractivity contribution in [1.82, 2.24) is 14.9 Å². The van der Waals surface area contributed by atoms with Gasteiger partial charge in [0.05, 0.1) is 18.4 Å². The number of nitrogens with zero attached hydrogens (tertiary/aromatic N) is 3. The second-order valence-electron chi connectivity index (χ2n) is 5.92. The van der Waals surface area contributed by atoms with Crippen molar-refractivity contribution >= 4 is 34.8 Å². The van der Waals surface area contributed by atoms with Crippen LogP contribution >= 0.6 is 23.7 Å². The van der Waals surface area contributed by atoms with Crippen LogP contribution in [0.15, 0.2) is 5.38 Å². The summed E-state index contributed by atoms with van der Waals surface area (Å²) in [7, 11) is 3.55. The minimum atomic E-state index is -0.308. The van der Waals surface area contributed by atoms with E-state index >= 15 is 0 Å². The first-order valence-corrected chi connectivity index (χ1v) is 8.56. The zero-order valence-electron chi connectivity index (χ0n) is 14.4. The number of aromatic nitrogens is 2. The van der Waals surface area contributed by atoms with Crippen LogP contribution in [0.4, 0.5) is 5.13 Å². The summed E-state index contributed by atoms with van der Waals surface area (Å²) in [5.74, 6) is -0.308. The highest BCUT2D eigenvalue weighted by Gasteiger charge is 2.22. The fraction of sp³-hybridized carbons (Fsp3) is 0.500. The maximum absolute atomic E-state index is 11.9. The van der Waals surface area contributed by atoms with E-state index in [2.05, 4.69) is 21.8 Å². The van der Waals surface area contributed by atoms with Crippen molar-refractivity contribution < 1.29 is 9.53 Å². The van der Waals surface area contributed by atoms with Gasteiger partial charge in [-0.15, -0.1) is 23.7 Å². The number of H-pyrrole nitrogens is 1. The zero-order chi connectivity index (χ0) is 16.6. The molecule has 8 heteroatoms. The van der Waals surface area contributed by atoms with Gasteiger partial charge in [0.1, 0.15) is 5.69 Å². The number of anilines is 1. The van der Waals surface area contributed by atoms with E-state index < -0.39 is 0 Å². The number of nitrogens with one attached hydrogen (secondary N) is 1. The van der Waals surface area contributed by atoms with E-state index in [-0.39, 0.29) is 18.4 Å². The number of halogens is 1. The maximum atomic E-state index is 11.9. The fourth-order valence-electron chi connectivity index (χ4n) is 2.94. The molecule has 6 nitrogen and oxygen atoms in total. The summed E-state index contributed by atoms with van der Waals surface area (Å²) < 4.78 is 4.87. The smallest absolute Gasteiger partial charge is 0.339 e. The summed E-state index contributed by atoms with van der Waals surface area (Å²) in [6.45, 7) is 7.93. The van der Waals surface area contributed by atoms with Gasteiger partial charge in [0, 0.05) is 37.3 Å². The van der Waals surface area contributed by atoms with Crippen LogP contribution in [0, 0.1) is 13.8 Å². The lowest BCUT2D eigenvalue weighted by Crippen LogP contribution is -2.44. The van der Waals surface area contributed by atoms with E-state index in [1.54, 1.807) is 11.3 Å². The minimum absolute atomic E-state index is 0. The maximum Gasteiger partial charge on any atom is 0.339 e. The van der Waals surface area contributed by atoms with Gasteiger partial charge in [-0.2, -0.15) is 0 Å². The summed E-state index contributed by atoms with van der Waals surface area (Å²) in [5.41, 5.74) is 4.11. The van der Waals surface area contributed by atoms with Crippen LogP contribution in [-0.2, 0) is 4.74 Å². The third-order valence-electron chi connectivity index (χ3n) is 4.35. The second kappa shape index (κ2) is 7.55. The predicted molar refractivity (Wildman–Crippen MR) is 99.7 cm³/mol. The molecule has 1 aliphatic heterocycles. The normalized spacial score (nSPS) is 15.2. The number of carbonyl (C=O) groups is 1. The summed E-state index contributed by atoms with van der Waals surface area (Å²) >= 11 is 1.65. The molecule has 0 bridgehead atoms. The Hall–Kier alpha value is -1.57. The van der Waals surface area contributed by atoms with Crippen molar-refractivity contribution in [3.05, 3.63) is 22.2 Å². The first-order chi connectivity index (χ1) is 11.0. The molecule has 132 valence electrons. The van der Waals surface area contributed by atoms with Gasteiger partial charge in [-0.1, -0.05) is 0 Å². The number of esters is 1. The molecule has 3 rings (SSSR count). The lowest BCUT2D eigenvalue weighted by molar-refractivity contribution is 0.0599. The molecular weight excluding hydrogens is 348 g/mol. The third-order valence-corrected chi connectivity index (χ3v) is 5.25. The Morgan fingerprint density at radius 2 is 1.96 bits per heavy atom. The van der Waals surface area contributed by atoms with Gasteiger partial charge in [0.25, 0.3) is 0 Å². The Morgan fingerprint density at radius 3 is 2.58 bits per heavy atom. The number of carbonyl (C=O) groups excluding carboxylic acids is 1. The molecule has 0 saturated carbocycles. The number of thiazole rings is 1. The van der Waals surface area contributed by atoms with Crippen molar-refractivity contribution in [2.75, 3.05) is 45.2 Å². The second-order valence-corrected chi connectivity index (χ2v) is 6.76. The van der Waals surface area contributed by atoms with E-state index in [4.69, 9.17) is 9.72 Å². The van der Waals surface area contributed by atoms with Crippen molar-refractivity contribution in [2.45, 2.75) is 13.8 Å². The molecule has 2 aromatic heterocycles. The van der Waals surface area contributed by atoms with E-state index in [1.165, 1.54) is 7.11 Å². The number of hydrogen-bond donors (Lipinski definition) is 1. The van der Waals surface area contributed by atoms with E-state index in [0.717, 1.165) is 54.0 Å². The average Bonchev–Trinajstić information content (AvgIpc) is 3.12. The van der Waals surface area contributed by atoms with E-state index in [9.17, 15) is 4.79 Å². The Bertz CT molecular complexity index is 720. The average molecular weight is 371 g/mol. The van der Waals surface area contributed by atoms with Crippen LogP contribution in [0.3, 0.4) is 0 Å². The largest absolute Gasteiger partial charge is 0.465 e. The molecule has 0 aliphatic carbocycles. The highest BCUT2D eigenvalue weighted by molar-refractivity contribution is 7.14. The molecule has 1 fully saturated rings. The molecule has 0 amide bonds. The number of likely N-dealkylation sites (N-methyl/N-ethyl adjacent to an activating group) is 1. The Balaban J connectivity index is 0.00000208. The molecule has 0 unspecified atom stereocenters.